The summed E-state index contributed by atoms with van der Waals surface area (Å²) in [5, 5.41) is 9.11. The number of hydrogen-bond donors (Lipinski definition) is 0. The molecule has 0 aliphatic carbocycles. The fourth-order valence-corrected chi connectivity index (χ4v) is 3.89. The number of amides is 1. The lowest BCUT2D eigenvalue weighted by atomic mass is 10.1. The molecule has 11 heteroatoms. The van der Waals surface area contributed by atoms with Crippen LogP contribution in [0.15, 0.2) is 29.7 Å². The minimum atomic E-state index is -4.66. The Morgan fingerprint density at radius 2 is 2.00 bits per heavy atom. The van der Waals surface area contributed by atoms with E-state index in [0.717, 1.165) is 23.6 Å². The van der Waals surface area contributed by atoms with Gasteiger partial charge in [0.25, 0.3) is 0 Å². The van der Waals surface area contributed by atoms with Gasteiger partial charge in [-0.2, -0.15) is 18.4 Å². The van der Waals surface area contributed by atoms with Gasteiger partial charge in [-0.3, -0.25) is 9.78 Å². The van der Waals surface area contributed by atoms with E-state index in [-0.39, 0.29) is 22.4 Å². The maximum Gasteiger partial charge on any atom is 0.417 e. The molecule has 3 rings (SSSR count). The van der Waals surface area contributed by atoms with Crippen molar-refractivity contribution in [1.82, 2.24) is 19.9 Å². The zero-order valence-corrected chi connectivity index (χ0v) is 16.3. The molecule has 2 aromatic rings. The molecule has 0 saturated carbocycles. The summed E-state index contributed by atoms with van der Waals surface area (Å²) in [5.41, 5.74) is -1.43. The van der Waals surface area contributed by atoms with E-state index >= 15 is 0 Å². The van der Waals surface area contributed by atoms with Crippen LogP contribution in [0.2, 0.25) is 0 Å². The Morgan fingerprint density at radius 1 is 1.28 bits per heavy atom. The summed E-state index contributed by atoms with van der Waals surface area (Å²) in [6.07, 6.45) is 0.174. The molecule has 7 nitrogen and oxygen atoms in total. The van der Waals surface area contributed by atoms with E-state index in [4.69, 9.17) is 0 Å². The molecule has 1 aliphatic heterocycles. The van der Waals surface area contributed by atoms with Gasteiger partial charge in [-0.1, -0.05) is 11.8 Å². The van der Waals surface area contributed by atoms with Crippen LogP contribution in [-0.4, -0.2) is 57.7 Å². The van der Waals surface area contributed by atoms with Crippen molar-refractivity contribution in [2.45, 2.75) is 18.1 Å². The fourth-order valence-electron chi connectivity index (χ4n) is 2.94. The van der Waals surface area contributed by atoms with Gasteiger partial charge in [0, 0.05) is 44.3 Å². The minimum Gasteiger partial charge on any atom is -0.352 e. The zero-order valence-electron chi connectivity index (χ0n) is 15.5. The first kappa shape index (κ1) is 20.9. The molecular weight excluding hydrogens is 405 g/mol. The molecule has 0 atom stereocenters. The van der Waals surface area contributed by atoms with E-state index < -0.39 is 17.3 Å². The zero-order chi connectivity index (χ0) is 21.0. The maximum atomic E-state index is 13.2. The van der Waals surface area contributed by atoms with Crippen LogP contribution in [0.1, 0.15) is 16.8 Å². The number of carbonyl (C=O) groups excluding carboxylic acids is 1. The fraction of sp³-hybridized carbons (Fsp3) is 0.389. The van der Waals surface area contributed by atoms with Crippen molar-refractivity contribution in [2.75, 3.05) is 36.8 Å². The van der Waals surface area contributed by atoms with Gasteiger partial charge in [0.15, 0.2) is 0 Å². The molecule has 0 unspecified atom stereocenters. The van der Waals surface area contributed by atoms with Crippen LogP contribution in [-0.2, 0) is 11.0 Å². The summed E-state index contributed by atoms with van der Waals surface area (Å²) in [7, 11) is 0. The summed E-state index contributed by atoms with van der Waals surface area (Å²) in [6, 6.07) is 2.42. The second-order valence-corrected chi connectivity index (χ2v) is 7.29. The number of carbonyl (C=O) groups is 1. The van der Waals surface area contributed by atoms with E-state index in [9.17, 15) is 23.2 Å². The molecule has 2 aromatic heterocycles. The third kappa shape index (κ3) is 4.95. The minimum absolute atomic E-state index is 0.0774. The number of aromatic nitrogens is 3. The van der Waals surface area contributed by atoms with Gasteiger partial charge < -0.3 is 9.80 Å². The average molecular weight is 422 g/mol. The Kier molecular flexibility index (Phi) is 6.22. The van der Waals surface area contributed by atoms with E-state index in [1.807, 2.05) is 4.90 Å². The third-order valence-electron chi connectivity index (χ3n) is 4.37. The van der Waals surface area contributed by atoms with Crippen LogP contribution in [0.5, 0.6) is 0 Å². The first-order valence-corrected chi connectivity index (χ1v) is 9.68. The van der Waals surface area contributed by atoms with Gasteiger partial charge in [0.05, 0.1) is 23.1 Å². The highest BCUT2D eigenvalue weighted by atomic mass is 32.2. The van der Waals surface area contributed by atoms with Gasteiger partial charge in [0.1, 0.15) is 16.9 Å². The molecule has 1 fully saturated rings. The second kappa shape index (κ2) is 8.65. The number of piperazine rings is 1. The highest BCUT2D eigenvalue weighted by Crippen LogP contribution is 2.35. The summed E-state index contributed by atoms with van der Waals surface area (Å²) in [4.78, 5) is 28.4. The summed E-state index contributed by atoms with van der Waals surface area (Å²) in [6.45, 7) is 3.53. The smallest absolute Gasteiger partial charge is 0.352 e. The average Bonchev–Trinajstić information content (AvgIpc) is 2.71. The van der Waals surface area contributed by atoms with E-state index in [0.29, 0.717) is 26.2 Å². The van der Waals surface area contributed by atoms with Gasteiger partial charge >= 0.3 is 6.18 Å². The van der Waals surface area contributed by atoms with Crippen molar-refractivity contribution in [1.29, 1.82) is 5.26 Å². The number of pyridine rings is 1. The normalized spacial score (nSPS) is 14.6. The highest BCUT2D eigenvalue weighted by molar-refractivity contribution is 8.00. The Hall–Kier alpha value is -2.87. The van der Waals surface area contributed by atoms with Crippen molar-refractivity contribution in [3.63, 3.8) is 0 Å². The predicted molar refractivity (Wildman–Crippen MR) is 100 cm³/mol. The molecule has 152 valence electrons. The Labute approximate surface area is 169 Å². The van der Waals surface area contributed by atoms with E-state index in [1.54, 1.807) is 29.6 Å². The number of anilines is 1. The monoisotopic (exact) mass is 422 g/mol. The van der Waals surface area contributed by atoms with Crippen LogP contribution in [0.3, 0.4) is 0 Å². The number of rotatable bonds is 4. The van der Waals surface area contributed by atoms with Crippen molar-refractivity contribution >= 4 is 23.5 Å². The number of halogens is 3. The number of aryl methyl sites for hydroxylation is 1. The molecular formula is C18H17F3N6OS. The third-order valence-corrected chi connectivity index (χ3v) is 5.33. The van der Waals surface area contributed by atoms with Crippen LogP contribution in [0, 0.1) is 18.3 Å². The number of thioether (sulfide) groups is 1. The lowest BCUT2D eigenvalue weighted by Gasteiger charge is -2.35. The summed E-state index contributed by atoms with van der Waals surface area (Å²) in [5.74, 6) is 0.430. The maximum absolute atomic E-state index is 13.2. The lowest BCUT2D eigenvalue weighted by Crippen LogP contribution is -2.49. The lowest BCUT2D eigenvalue weighted by molar-refractivity contribution is -0.138. The van der Waals surface area contributed by atoms with Gasteiger partial charge in [0.2, 0.25) is 5.91 Å². The molecule has 0 aromatic carbocycles. The van der Waals surface area contributed by atoms with Crippen molar-refractivity contribution < 1.29 is 18.0 Å². The highest BCUT2D eigenvalue weighted by Gasteiger charge is 2.35. The molecule has 1 saturated heterocycles. The standard InChI is InChI=1S/C18H17F3N6OS/c1-12-8-14(18(19,20)21)13(9-22)17(25-12)29-11-16(28)27-6-4-26(5-7-27)15-10-23-2-3-24-15/h2-3,8,10H,4-7,11H2,1H3. The SMILES string of the molecule is Cc1cc(C(F)(F)F)c(C#N)c(SCC(=O)N2CCN(c3cnccn3)CC2)n1. The molecule has 0 N–H and O–H groups in total. The van der Waals surface area contributed by atoms with Crippen molar-refractivity contribution in [2.24, 2.45) is 0 Å². The van der Waals surface area contributed by atoms with E-state index in [1.165, 1.54) is 6.92 Å². The van der Waals surface area contributed by atoms with Gasteiger partial charge in [-0.15, -0.1) is 0 Å². The number of nitrogens with zero attached hydrogens (tertiary/aromatic N) is 6. The van der Waals surface area contributed by atoms with Crippen molar-refractivity contribution in [3.05, 3.63) is 41.5 Å². The molecule has 0 bridgehead atoms. The molecule has 1 aliphatic rings. The van der Waals surface area contributed by atoms with Crippen LogP contribution >= 0.6 is 11.8 Å². The topological polar surface area (TPSA) is 86.0 Å². The van der Waals surface area contributed by atoms with Crippen LogP contribution in [0.25, 0.3) is 0 Å². The van der Waals surface area contributed by atoms with Crippen LogP contribution in [0.4, 0.5) is 19.0 Å². The molecule has 3 heterocycles. The number of nitriles is 1. The summed E-state index contributed by atoms with van der Waals surface area (Å²) < 4.78 is 39.6. The number of alkyl halides is 3. The van der Waals surface area contributed by atoms with E-state index in [2.05, 4.69) is 15.0 Å². The quantitative estimate of drug-likeness (QED) is 0.700. The van der Waals surface area contributed by atoms with Crippen LogP contribution < -0.4 is 4.90 Å². The Bertz CT molecular complexity index is 924. The molecule has 1 amide bonds. The van der Waals surface area contributed by atoms with Gasteiger partial charge in [-0.25, -0.2) is 9.97 Å². The first-order valence-electron chi connectivity index (χ1n) is 8.70. The Morgan fingerprint density at radius 3 is 2.59 bits per heavy atom. The Balaban J connectivity index is 1.63. The van der Waals surface area contributed by atoms with Gasteiger partial charge in [-0.05, 0) is 13.0 Å². The largest absolute Gasteiger partial charge is 0.417 e. The van der Waals surface area contributed by atoms with Crippen molar-refractivity contribution in [3.8, 4) is 6.07 Å². The second-order valence-electron chi connectivity index (χ2n) is 6.32. The molecule has 0 spiro atoms. The predicted octanol–water partition coefficient (Wildman–Crippen LogP) is 2.51. The summed E-state index contributed by atoms with van der Waals surface area (Å²) >= 11 is 0.854. The number of hydrogen-bond acceptors (Lipinski definition) is 7. The molecule has 0 radical (unpaired) electrons. The first-order chi connectivity index (χ1) is 13.8. The molecule has 29 heavy (non-hydrogen) atoms.